The van der Waals surface area contributed by atoms with Crippen LogP contribution in [0.2, 0.25) is 0 Å². The molecule has 108 valence electrons. The molecule has 1 aromatic heterocycles. The zero-order valence-electron chi connectivity index (χ0n) is 11.5. The Labute approximate surface area is 117 Å². The minimum atomic E-state index is -0.292. The second-order valence-electron chi connectivity index (χ2n) is 5.68. The predicted molar refractivity (Wildman–Crippen MR) is 74.8 cm³/mol. The van der Waals surface area contributed by atoms with Crippen LogP contribution in [0.15, 0.2) is 10.9 Å². The average molecular weight is 276 g/mol. The van der Waals surface area contributed by atoms with E-state index in [-0.39, 0.29) is 29.7 Å². The molecule has 1 saturated carbocycles. The zero-order valence-corrected chi connectivity index (χ0v) is 11.5. The Morgan fingerprint density at radius 2 is 2.10 bits per heavy atom. The average Bonchev–Trinajstić information content (AvgIpc) is 3.28. The molecule has 1 heterocycles. The lowest BCUT2D eigenvalue weighted by Crippen LogP contribution is -2.38. The first kappa shape index (κ1) is 13.4. The standard InChI is InChI=1S/C15H20N2O3/c18-8-7-17(11-5-6-11)15(20)12-9-10-3-1-2-4-13(10)16-14(12)19/h9,11,18H,1-8H2,(H,16,19). The highest BCUT2D eigenvalue weighted by Gasteiger charge is 2.33. The van der Waals surface area contributed by atoms with Gasteiger partial charge in [-0.15, -0.1) is 0 Å². The van der Waals surface area contributed by atoms with Gasteiger partial charge in [0.05, 0.1) is 6.61 Å². The number of carbonyl (C=O) groups is 1. The third-order valence-corrected chi connectivity index (χ3v) is 4.16. The summed E-state index contributed by atoms with van der Waals surface area (Å²) in [7, 11) is 0. The Morgan fingerprint density at radius 1 is 1.35 bits per heavy atom. The molecule has 0 aliphatic heterocycles. The van der Waals surface area contributed by atoms with Gasteiger partial charge in [-0.05, 0) is 50.2 Å². The molecule has 5 heteroatoms. The van der Waals surface area contributed by atoms with Crippen molar-refractivity contribution in [3.8, 4) is 0 Å². The number of nitrogens with one attached hydrogen (secondary N) is 1. The monoisotopic (exact) mass is 276 g/mol. The van der Waals surface area contributed by atoms with Crippen molar-refractivity contribution in [3.05, 3.63) is 33.2 Å². The number of pyridine rings is 1. The number of hydrogen-bond donors (Lipinski definition) is 2. The van der Waals surface area contributed by atoms with Gasteiger partial charge in [-0.3, -0.25) is 9.59 Å². The number of nitrogens with zero attached hydrogens (tertiary/aromatic N) is 1. The third kappa shape index (κ3) is 2.50. The van der Waals surface area contributed by atoms with Gasteiger partial charge >= 0.3 is 0 Å². The predicted octanol–water partition coefficient (Wildman–Crippen LogP) is 0.851. The summed E-state index contributed by atoms with van der Waals surface area (Å²) in [5, 5.41) is 9.09. The molecule has 0 aromatic carbocycles. The van der Waals surface area contributed by atoms with Crippen molar-refractivity contribution in [1.82, 2.24) is 9.88 Å². The minimum Gasteiger partial charge on any atom is -0.395 e. The number of aryl methyl sites for hydroxylation is 2. The maximum atomic E-state index is 12.5. The molecule has 0 radical (unpaired) electrons. The van der Waals surface area contributed by atoms with Crippen LogP contribution in [-0.4, -0.2) is 40.1 Å². The number of rotatable bonds is 4. The number of hydrogen-bond acceptors (Lipinski definition) is 3. The summed E-state index contributed by atoms with van der Waals surface area (Å²) in [6.07, 6.45) is 5.95. The number of aliphatic hydroxyl groups is 1. The minimum absolute atomic E-state index is 0.0644. The van der Waals surface area contributed by atoms with E-state index in [2.05, 4.69) is 4.98 Å². The Hall–Kier alpha value is -1.62. The quantitative estimate of drug-likeness (QED) is 0.856. The smallest absolute Gasteiger partial charge is 0.261 e. The van der Waals surface area contributed by atoms with Gasteiger partial charge in [-0.1, -0.05) is 0 Å². The number of amides is 1. The van der Waals surface area contributed by atoms with Crippen LogP contribution in [0.3, 0.4) is 0 Å². The highest BCUT2D eigenvalue weighted by molar-refractivity contribution is 5.94. The molecule has 20 heavy (non-hydrogen) atoms. The van der Waals surface area contributed by atoms with E-state index in [1.165, 1.54) is 0 Å². The second kappa shape index (κ2) is 5.40. The lowest BCUT2D eigenvalue weighted by atomic mass is 9.95. The molecule has 5 nitrogen and oxygen atoms in total. The van der Waals surface area contributed by atoms with Crippen LogP contribution in [0.4, 0.5) is 0 Å². The van der Waals surface area contributed by atoms with E-state index in [1.54, 1.807) is 11.0 Å². The molecule has 3 rings (SSSR count). The molecule has 2 aliphatic rings. The second-order valence-corrected chi connectivity index (χ2v) is 5.68. The Morgan fingerprint density at radius 3 is 2.80 bits per heavy atom. The van der Waals surface area contributed by atoms with Crippen molar-refractivity contribution < 1.29 is 9.90 Å². The molecule has 0 unspecified atom stereocenters. The molecule has 0 spiro atoms. The normalized spacial score (nSPS) is 17.6. The van der Waals surface area contributed by atoms with E-state index in [1.807, 2.05) is 0 Å². The zero-order chi connectivity index (χ0) is 14.1. The van der Waals surface area contributed by atoms with Gasteiger partial charge in [0.1, 0.15) is 5.56 Å². The van der Waals surface area contributed by atoms with Gasteiger partial charge in [-0.2, -0.15) is 0 Å². The Kier molecular flexibility index (Phi) is 3.61. The SMILES string of the molecule is O=C(c1cc2c([nH]c1=O)CCCC2)N(CCO)C1CC1. The van der Waals surface area contributed by atoms with E-state index in [9.17, 15) is 9.59 Å². The summed E-state index contributed by atoms with van der Waals surface area (Å²) in [5.74, 6) is -0.240. The van der Waals surface area contributed by atoms with Crippen LogP contribution in [0, 0.1) is 0 Å². The first-order valence-electron chi connectivity index (χ1n) is 7.37. The van der Waals surface area contributed by atoms with Crippen LogP contribution < -0.4 is 5.56 Å². The topological polar surface area (TPSA) is 73.4 Å². The molecular weight excluding hydrogens is 256 g/mol. The van der Waals surface area contributed by atoms with Gasteiger partial charge < -0.3 is 15.0 Å². The van der Waals surface area contributed by atoms with Crippen LogP contribution >= 0.6 is 0 Å². The van der Waals surface area contributed by atoms with Crippen LogP contribution in [0.1, 0.15) is 47.3 Å². The summed E-state index contributed by atoms with van der Waals surface area (Å²) >= 11 is 0. The maximum Gasteiger partial charge on any atom is 0.261 e. The summed E-state index contributed by atoms with van der Waals surface area (Å²) < 4.78 is 0. The fourth-order valence-electron chi connectivity index (χ4n) is 2.93. The van der Waals surface area contributed by atoms with Crippen molar-refractivity contribution in [2.45, 2.75) is 44.6 Å². The van der Waals surface area contributed by atoms with Crippen molar-refractivity contribution in [1.29, 1.82) is 0 Å². The molecule has 1 fully saturated rings. The van der Waals surface area contributed by atoms with Crippen molar-refractivity contribution >= 4 is 5.91 Å². The van der Waals surface area contributed by atoms with E-state index >= 15 is 0 Å². The number of aromatic nitrogens is 1. The molecule has 1 amide bonds. The summed E-state index contributed by atoms with van der Waals surface area (Å²) in [5.41, 5.74) is 2.02. The highest BCUT2D eigenvalue weighted by atomic mass is 16.3. The van der Waals surface area contributed by atoms with Gasteiger partial charge in [0.2, 0.25) is 0 Å². The van der Waals surface area contributed by atoms with Gasteiger partial charge in [0, 0.05) is 18.3 Å². The van der Waals surface area contributed by atoms with Gasteiger partial charge in [0.15, 0.2) is 0 Å². The third-order valence-electron chi connectivity index (χ3n) is 4.16. The summed E-state index contributed by atoms with van der Waals surface area (Å²) in [6.45, 7) is 0.241. The number of aliphatic hydroxyl groups excluding tert-OH is 1. The van der Waals surface area contributed by atoms with Gasteiger partial charge in [0.25, 0.3) is 11.5 Å². The number of fused-ring (bicyclic) bond motifs is 1. The van der Waals surface area contributed by atoms with E-state index in [4.69, 9.17) is 5.11 Å². The molecular formula is C15H20N2O3. The highest BCUT2D eigenvalue weighted by Crippen LogP contribution is 2.28. The van der Waals surface area contributed by atoms with Crippen molar-refractivity contribution in [3.63, 3.8) is 0 Å². The Balaban J connectivity index is 1.92. The largest absolute Gasteiger partial charge is 0.395 e. The number of H-pyrrole nitrogens is 1. The molecule has 0 bridgehead atoms. The van der Waals surface area contributed by atoms with E-state index < -0.39 is 0 Å². The fourth-order valence-corrected chi connectivity index (χ4v) is 2.93. The first-order valence-corrected chi connectivity index (χ1v) is 7.37. The lowest BCUT2D eigenvalue weighted by Gasteiger charge is -2.22. The van der Waals surface area contributed by atoms with E-state index in [0.717, 1.165) is 49.8 Å². The van der Waals surface area contributed by atoms with Crippen molar-refractivity contribution in [2.75, 3.05) is 13.2 Å². The van der Waals surface area contributed by atoms with E-state index in [0.29, 0.717) is 6.54 Å². The van der Waals surface area contributed by atoms with Crippen LogP contribution in [0.5, 0.6) is 0 Å². The molecule has 0 atom stereocenters. The van der Waals surface area contributed by atoms with Crippen LogP contribution in [0.25, 0.3) is 0 Å². The molecule has 0 saturated heterocycles. The fraction of sp³-hybridized carbons (Fsp3) is 0.600. The molecule has 1 aromatic rings. The Bertz CT molecular complexity index is 575. The summed E-state index contributed by atoms with van der Waals surface area (Å²) in [4.78, 5) is 29.1. The van der Waals surface area contributed by atoms with Crippen molar-refractivity contribution in [2.24, 2.45) is 0 Å². The number of aromatic amines is 1. The van der Waals surface area contributed by atoms with Crippen LogP contribution in [-0.2, 0) is 12.8 Å². The lowest BCUT2D eigenvalue weighted by molar-refractivity contribution is 0.0705. The van der Waals surface area contributed by atoms with Gasteiger partial charge in [-0.25, -0.2) is 0 Å². The molecule has 2 aliphatic carbocycles. The molecule has 2 N–H and O–H groups in total. The first-order chi connectivity index (χ1) is 9.70. The summed E-state index contributed by atoms with van der Waals surface area (Å²) in [6, 6.07) is 1.97. The maximum absolute atomic E-state index is 12.5. The number of carbonyl (C=O) groups excluding carboxylic acids is 1.